The minimum atomic E-state index is 0. The molecule has 0 saturated carbocycles. The van der Waals surface area contributed by atoms with Gasteiger partial charge in [0.1, 0.15) is 0 Å². The third-order valence-electron chi connectivity index (χ3n) is 1.62. The number of hydrogen-bond acceptors (Lipinski definition) is 2. The van der Waals surface area contributed by atoms with Crippen molar-refractivity contribution in [3.63, 3.8) is 0 Å². The van der Waals surface area contributed by atoms with E-state index in [9.17, 15) is 0 Å². The standard InChI is InChI=1S/C9H13NS.ClH/c1-7(10)8-4-3-5-9(6-8)11-2;/h3-7H,10H2,1-2H3;1H/t7-;/m0./s1. The summed E-state index contributed by atoms with van der Waals surface area (Å²) >= 11 is 1.74. The predicted molar refractivity (Wildman–Crippen MR) is 58.1 cm³/mol. The van der Waals surface area contributed by atoms with Gasteiger partial charge in [-0.25, -0.2) is 0 Å². The molecule has 1 atom stereocenters. The molecule has 0 heterocycles. The summed E-state index contributed by atoms with van der Waals surface area (Å²) in [6.07, 6.45) is 2.07. The molecule has 0 aromatic heterocycles. The highest BCUT2D eigenvalue weighted by Gasteiger charge is 1.98. The summed E-state index contributed by atoms with van der Waals surface area (Å²) in [4.78, 5) is 1.28. The predicted octanol–water partition coefficient (Wildman–Crippen LogP) is 2.85. The Bertz CT molecular complexity index is 238. The zero-order chi connectivity index (χ0) is 8.27. The number of hydrogen-bond donors (Lipinski definition) is 1. The molecule has 1 rings (SSSR count). The normalized spacial score (nSPS) is 11.9. The Hall–Kier alpha value is -0.180. The first kappa shape index (κ1) is 11.8. The van der Waals surface area contributed by atoms with E-state index in [4.69, 9.17) is 5.73 Å². The van der Waals surface area contributed by atoms with Crippen LogP contribution in [0.2, 0.25) is 0 Å². The zero-order valence-electron chi connectivity index (χ0n) is 7.28. The van der Waals surface area contributed by atoms with Gasteiger partial charge in [0.05, 0.1) is 0 Å². The lowest BCUT2D eigenvalue weighted by Gasteiger charge is -2.05. The van der Waals surface area contributed by atoms with E-state index in [2.05, 4.69) is 24.5 Å². The maximum atomic E-state index is 5.73. The van der Waals surface area contributed by atoms with Gasteiger partial charge in [-0.1, -0.05) is 12.1 Å². The van der Waals surface area contributed by atoms with Crippen LogP contribution in [-0.2, 0) is 0 Å². The van der Waals surface area contributed by atoms with Gasteiger partial charge in [0, 0.05) is 10.9 Å². The van der Waals surface area contributed by atoms with Gasteiger partial charge in [-0.05, 0) is 30.9 Å². The molecule has 1 nitrogen and oxygen atoms in total. The molecule has 2 N–H and O–H groups in total. The largest absolute Gasteiger partial charge is 0.324 e. The summed E-state index contributed by atoms with van der Waals surface area (Å²) in [6.45, 7) is 2.00. The van der Waals surface area contributed by atoms with E-state index in [0.29, 0.717) is 0 Å². The van der Waals surface area contributed by atoms with Gasteiger partial charge in [0.2, 0.25) is 0 Å². The van der Waals surface area contributed by atoms with Gasteiger partial charge in [-0.15, -0.1) is 24.2 Å². The molecule has 0 bridgehead atoms. The topological polar surface area (TPSA) is 26.0 Å². The average Bonchev–Trinajstić information content (AvgIpc) is 2.05. The van der Waals surface area contributed by atoms with Crippen molar-refractivity contribution in [2.24, 2.45) is 5.73 Å². The fraction of sp³-hybridized carbons (Fsp3) is 0.333. The summed E-state index contributed by atoms with van der Waals surface area (Å²) in [6, 6.07) is 8.47. The molecular weight excluding hydrogens is 190 g/mol. The summed E-state index contributed by atoms with van der Waals surface area (Å²) < 4.78 is 0. The highest BCUT2D eigenvalue weighted by molar-refractivity contribution is 7.98. The average molecular weight is 204 g/mol. The molecular formula is C9H14ClNS. The fourth-order valence-electron chi connectivity index (χ4n) is 0.925. The lowest BCUT2D eigenvalue weighted by molar-refractivity contribution is 0.815. The fourth-order valence-corrected chi connectivity index (χ4v) is 1.39. The Labute approximate surface area is 84.1 Å². The van der Waals surface area contributed by atoms with E-state index in [1.807, 2.05) is 13.0 Å². The van der Waals surface area contributed by atoms with E-state index < -0.39 is 0 Å². The van der Waals surface area contributed by atoms with E-state index in [1.54, 1.807) is 11.8 Å². The summed E-state index contributed by atoms with van der Waals surface area (Å²) in [5, 5.41) is 0. The van der Waals surface area contributed by atoms with E-state index in [0.717, 1.165) is 0 Å². The number of nitrogens with two attached hydrogens (primary N) is 1. The van der Waals surface area contributed by atoms with Crippen LogP contribution in [0.25, 0.3) is 0 Å². The van der Waals surface area contributed by atoms with Gasteiger partial charge >= 0.3 is 0 Å². The lowest BCUT2D eigenvalue weighted by Crippen LogP contribution is -2.04. The van der Waals surface area contributed by atoms with Crippen molar-refractivity contribution in [3.8, 4) is 0 Å². The minimum absolute atomic E-state index is 0. The SMILES string of the molecule is CSc1cccc([C@H](C)N)c1.Cl. The monoisotopic (exact) mass is 203 g/mol. The van der Waals surface area contributed by atoms with Crippen LogP contribution < -0.4 is 5.73 Å². The van der Waals surface area contributed by atoms with Crippen LogP contribution in [0, 0.1) is 0 Å². The number of thioether (sulfide) groups is 1. The van der Waals surface area contributed by atoms with E-state index >= 15 is 0 Å². The van der Waals surface area contributed by atoms with Crippen molar-refractivity contribution in [1.82, 2.24) is 0 Å². The smallest absolute Gasteiger partial charge is 0.0266 e. The van der Waals surface area contributed by atoms with Crippen LogP contribution >= 0.6 is 24.2 Å². The van der Waals surface area contributed by atoms with Gasteiger partial charge in [0.15, 0.2) is 0 Å². The minimum Gasteiger partial charge on any atom is -0.324 e. The van der Waals surface area contributed by atoms with Gasteiger partial charge < -0.3 is 5.73 Å². The summed E-state index contributed by atoms with van der Waals surface area (Å²) in [5.74, 6) is 0. The number of halogens is 1. The third-order valence-corrected chi connectivity index (χ3v) is 2.34. The first-order chi connectivity index (χ1) is 5.24. The molecule has 12 heavy (non-hydrogen) atoms. The number of benzene rings is 1. The highest BCUT2D eigenvalue weighted by Crippen LogP contribution is 2.18. The van der Waals surface area contributed by atoms with Crippen LogP contribution in [0.15, 0.2) is 29.2 Å². The second-order valence-corrected chi connectivity index (χ2v) is 3.44. The van der Waals surface area contributed by atoms with Gasteiger partial charge in [0.25, 0.3) is 0 Å². The maximum Gasteiger partial charge on any atom is 0.0266 e. The lowest BCUT2D eigenvalue weighted by atomic mass is 10.1. The van der Waals surface area contributed by atoms with Gasteiger partial charge in [-0.2, -0.15) is 0 Å². The van der Waals surface area contributed by atoms with Gasteiger partial charge in [-0.3, -0.25) is 0 Å². The second kappa shape index (κ2) is 5.46. The molecule has 0 unspecified atom stereocenters. The van der Waals surface area contributed by atoms with Crippen molar-refractivity contribution in [3.05, 3.63) is 29.8 Å². The Kier molecular flexibility index (Phi) is 5.38. The van der Waals surface area contributed by atoms with Crippen LogP contribution in [0.1, 0.15) is 18.5 Å². The Balaban J connectivity index is 0.00000121. The summed E-state index contributed by atoms with van der Waals surface area (Å²) in [7, 11) is 0. The Morgan fingerprint density at radius 2 is 2.08 bits per heavy atom. The molecule has 3 heteroatoms. The van der Waals surface area contributed by atoms with Crippen molar-refractivity contribution in [1.29, 1.82) is 0 Å². The first-order valence-electron chi connectivity index (χ1n) is 3.63. The molecule has 0 aliphatic rings. The third kappa shape index (κ3) is 3.05. The highest BCUT2D eigenvalue weighted by atomic mass is 35.5. The zero-order valence-corrected chi connectivity index (χ0v) is 8.91. The molecule has 0 spiro atoms. The summed E-state index contributed by atoms with van der Waals surface area (Å²) in [5.41, 5.74) is 6.93. The molecule has 68 valence electrons. The van der Waals surface area contributed by atoms with E-state index in [-0.39, 0.29) is 18.4 Å². The molecule has 1 aromatic rings. The number of rotatable bonds is 2. The first-order valence-corrected chi connectivity index (χ1v) is 4.86. The molecule has 0 fully saturated rings. The molecule has 0 aliphatic carbocycles. The van der Waals surface area contributed by atoms with Crippen LogP contribution in [-0.4, -0.2) is 6.26 Å². The van der Waals surface area contributed by atoms with Crippen molar-refractivity contribution >= 4 is 24.2 Å². The Morgan fingerprint density at radius 3 is 2.58 bits per heavy atom. The maximum absolute atomic E-state index is 5.73. The Morgan fingerprint density at radius 1 is 1.42 bits per heavy atom. The van der Waals surface area contributed by atoms with Crippen molar-refractivity contribution in [2.45, 2.75) is 17.9 Å². The second-order valence-electron chi connectivity index (χ2n) is 2.57. The van der Waals surface area contributed by atoms with E-state index in [1.165, 1.54) is 10.5 Å². The van der Waals surface area contributed by atoms with Crippen molar-refractivity contribution < 1.29 is 0 Å². The van der Waals surface area contributed by atoms with Crippen molar-refractivity contribution in [2.75, 3.05) is 6.26 Å². The molecule has 0 aliphatic heterocycles. The quantitative estimate of drug-likeness (QED) is 0.749. The van der Waals surface area contributed by atoms with Crippen LogP contribution in [0.4, 0.5) is 0 Å². The molecule has 0 saturated heterocycles. The van der Waals surface area contributed by atoms with Crippen LogP contribution in [0.5, 0.6) is 0 Å². The molecule has 0 radical (unpaired) electrons. The molecule has 1 aromatic carbocycles. The van der Waals surface area contributed by atoms with Crippen LogP contribution in [0.3, 0.4) is 0 Å². The molecule has 0 amide bonds.